The highest BCUT2D eigenvalue weighted by molar-refractivity contribution is 9.10. The number of nitrogens with zero attached hydrogens (tertiary/aromatic N) is 2. The number of aromatic nitrogens is 2. The molecule has 15 heavy (non-hydrogen) atoms. The highest BCUT2D eigenvalue weighted by Crippen LogP contribution is 2.29. The average Bonchev–Trinajstić information content (AvgIpc) is 2.67. The summed E-state index contributed by atoms with van der Waals surface area (Å²) in [4.78, 5) is 18.6. The predicted octanol–water partition coefficient (Wildman–Crippen LogP) is 2.67. The maximum absolute atomic E-state index is 10.7. The van der Waals surface area contributed by atoms with Crippen LogP contribution in [0.1, 0.15) is 10.5 Å². The number of halogens is 1. The van der Waals surface area contributed by atoms with E-state index in [9.17, 15) is 4.79 Å². The van der Waals surface area contributed by atoms with E-state index in [0.717, 1.165) is 10.0 Å². The van der Waals surface area contributed by atoms with Gasteiger partial charge < -0.3 is 5.11 Å². The molecule has 0 aliphatic heterocycles. The third-order valence-electron chi connectivity index (χ3n) is 1.73. The maximum Gasteiger partial charge on any atom is 0.355 e. The van der Waals surface area contributed by atoms with E-state index in [1.54, 1.807) is 18.5 Å². The lowest BCUT2D eigenvalue weighted by Gasteiger charge is -1.97. The van der Waals surface area contributed by atoms with Crippen molar-refractivity contribution in [3.63, 3.8) is 0 Å². The van der Waals surface area contributed by atoms with Gasteiger partial charge in [0.2, 0.25) is 0 Å². The molecule has 2 heterocycles. The Bertz CT molecular complexity index is 512. The predicted molar refractivity (Wildman–Crippen MR) is 60.0 cm³/mol. The molecule has 0 aliphatic rings. The Balaban J connectivity index is 2.46. The minimum absolute atomic E-state index is 0.0683. The second-order valence-electron chi connectivity index (χ2n) is 2.70. The molecule has 0 saturated heterocycles. The second-order valence-corrected chi connectivity index (χ2v) is 4.41. The molecule has 0 aromatic carbocycles. The van der Waals surface area contributed by atoms with Gasteiger partial charge in [-0.3, -0.25) is 4.98 Å². The monoisotopic (exact) mass is 284 g/mol. The summed E-state index contributed by atoms with van der Waals surface area (Å²) < 4.78 is 0.802. The van der Waals surface area contributed by atoms with Crippen molar-refractivity contribution >= 4 is 33.2 Å². The number of carbonyl (C=O) groups is 1. The molecule has 0 radical (unpaired) electrons. The molecule has 0 spiro atoms. The molecule has 0 atom stereocenters. The zero-order valence-electron chi connectivity index (χ0n) is 7.35. The summed E-state index contributed by atoms with van der Waals surface area (Å²) in [5.74, 6) is -1.01. The van der Waals surface area contributed by atoms with Gasteiger partial charge in [0.25, 0.3) is 0 Å². The Morgan fingerprint density at radius 2 is 2.33 bits per heavy atom. The Hall–Kier alpha value is -1.27. The van der Waals surface area contributed by atoms with E-state index in [-0.39, 0.29) is 5.69 Å². The first-order chi connectivity index (χ1) is 7.18. The summed E-state index contributed by atoms with van der Waals surface area (Å²) in [6.45, 7) is 0. The van der Waals surface area contributed by atoms with Crippen LogP contribution >= 0.6 is 27.3 Å². The van der Waals surface area contributed by atoms with E-state index >= 15 is 0 Å². The number of pyridine rings is 1. The summed E-state index contributed by atoms with van der Waals surface area (Å²) in [5, 5.41) is 10.9. The lowest BCUT2D eigenvalue weighted by Crippen LogP contribution is -1.95. The molecular weight excluding hydrogens is 280 g/mol. The minimum Gasteiger partial charge on any atom is -0.476 e. The van der Waals surface area contributed by atoms with Crippen molar-refractivity contribution in [2.24, 2.45) is 0 Å². The lowest BCUT2D eigenvalue weighted by atomic mass is 10.3. The van der Waals surface area contributed by atoms with Crippen molar-refractivity contribution in [3.8, 4) is 10.6 Å². The number of hydrogen-bond donors (Lipinski definition) is 1. The Kier molecular flexibility index (Phi) is 2.79. The van der Waals surface area contributed by atoms with Crippen molar-refractivity contribution in [1.82, 2.24) is 9.97 Å². The quantitative estimate of drug-likeness (QED) is 0.921. The van der Waals surface area contributed by atoms with Gasteiger partial charge in [0, 0.05) is 27.8 Å². The summed E-state index contributed by atoms with van der Waals surface area (Å²) in [6.07, 6.45) is 3.29. The summed E-state index contributed by atoms with van der Waals surface area (Å²) in [7, 11) is 0. The first kappa shape index (κ1) is 10.3. The fourth-order valence-corrected chi connectivity index (χ4v) is 2.45. The van der Waals surface area contributed by atoms with E-state index in [1.165, 1.54) is 16.7 Å². The smallest absolute Gasteiger partial charge is 0.355 e. The van der Waals surface area contributed by atoms with Gasteiger partial charge >= 0.3 is 5.97 Å². The normalized spacial score (nSPS) is 10.2. The van der Waals surface area contributed by atoms with Crippen molar-refractivity contribution in [2.45, 2.75) is 0 Å². The second kappa shape index (κ2) is 4.08. The van der Waals surface area contributed by atoms with Gasteiger partial charge in [0.1, 0.15) is 5.01 Å². The highest BCUT2D eigenvalue weighted by Gasteiger charge is 2.11. The Labute approximate surface area is 97.8 Å². The summed E-state index contributed by atoms with van der Waals surface area (Å²) in [5.41, 5.74) is 0.918. The van der Waals surface area contributed by atoms with Crippen molar-refractivity contribution in [1.29, 1.82) is 0 Å². The van der Waals surface area contributed by atoms with Crippen LogP contribution in [-0.2, 0) is 0 Å². The van der Waals surface area contributed by atoms with Crippen LogP contribution in [-0.4, -0.2) is 21.0 Å². The van der Waals surface area contributed by atoms with E-state index in [0.29, 0.717) is 5.01 Å². The van der Waals surface area contributed by atoms with Gasteiger partial charge in [-0.15, -0.1) is 11.3 Å². The third-order valence-corrected chi connectivity index (χ3v) is 3.23. The molecule has 0 unspecified atom stereocenters. The fraction of sp³-hybridized carbons (Fsp3) is 0. The van der Waals surface area contributed by atoms with Crippen molar-refractivity contribution in [2.75, 3.05) is 0 Å². The van der Waals surface area contributed by atoms with Gasteiger partial charge in [-0.25, -0.2) is 9.78 Å². The minimum atomic E-state index is -1.01. The molecule has 2 aromatic rings. The highest BCUT2D eigenvalue weighted by atomic mass is 79.9. The molecular formula is C9H5BrN2O2S. The fourth-order valence-electron chi connectivity index (χ4n) is 1.04. The first-order valence-electron chi connectivity index (χ1n) is 3.97. The largest absolute Gasteiger partial charge is 0.476 e. The summed E-state index contributed by atoms with van der Waals surface area (Å²) >= 11 is 4.63. The summed E-state index contributed by atoms with van der Waals surface area (Å²) in [6, 6.07) is 1.79. The van der Waals surface area contributed by atoms with Gasteiger partial charge in [-0.05, 0) is 22.0 Å². The molecule has 0 saturated carbocycles. The number of carboxylic acids is 1. The topological polar surface area (TPSA) is 63.1 Å². The number of thiazole rings is 1. The van der Waals surface area contributed by atoms with Crippen LogP contribution in [0, 0.1) is 0 Å². The van der Waals surface area contributed by atoms with E-state index in [4.69, 9.17) is 5.11 Å². The first-order valence-corrected chi connectivity index (χ1v) is 5.64. The lowest BCUT2D eigenvalue weighted by molar-refractivity contribution is 0.0691. The molecule has 1 N–H and O–H groups in total. The number of hydrogen-bond acceptors (Lipinski definition) is 4. The SMILES string of the molecule is O=C(O)c1csc(-c2ccncc2Br)n1. The molecule has 0 aliphatic carbocycles. The zero-order chi connectivity index (χ0) is 10.8. The van der Waals surface area contributed by atoms with Gasteiger partial charge in [-0.2, -0.15) is 0 Å². The van der Waals surface area contributed by atoms with Crippen LogP contribution in [0.4, 0.5) is 0 Å². The molecule has 0 fully saturated rings. The Morgan fingerprint density at radius 3 is 2.93 bits per heavy atom. The van der Waals surface area contributed by atoms with Gasteiger partial charge in [0.15, 0.2) is 5.69 Å². The van der Waals surface area contributed by atoms with Crippen LogP contribution in [0.3, 0.4) is 0 Å². The number of aromatic carboxylic acids is 1. The third kappa shape index (κ3) is 2.05. The Morgan fingerprint density at radius 1 is 1.53 bits per heavy atom. The van der Waals surface area contributed by atoms with Crippen LogP contribution < -0.4 is 0 Å². The van der Waals surface area contributed by atoms with E-state index in [1.807, 2.05) is 0 Å². The van der Waals surface area contributed by atoms with E-state index in [2.05, 4.69) is 25.9 Å². The number of carboxylic acid groups (broad SMARTS) is 1. The zero-order valence-corrected chi connectivity index (χ0v) is 9.75. The molecule has 2 aromatic heterocycles. The average molecular weight is 285 g/mol. The van der Waals surface area contributed by atoms with Crippen molar-refractivity contribution in [3.05, 3.63) is 34.0 Å². The van der Waals surface area contributed by atoms with Gasteiger partial charge in [0.05, 0.1) is 0 Å². The molecule has 0 bridgehead atoms. The molecule has 4 nitrogen and oxygen atoms in total. The van der Waals surface area contributed by atoms with Gasteiger partial charge in [-0.1, -0.05) is 0 Å². The van der Waals surface area contributed by atoms with Crippen LogP contribution in [0.25, 0.3) is 10.6 Å². The molecule has 0 amide bonds. The maximum atomic E-state index is 10.7. The van der Waals surface area contributed by atoms with Crippen LogP contribution in [0.2, 0.25) is 0 Å². The molecule has 2 rings (SSSR count). The number of rotatable bonds is 2. The van der Waals surface area contributed by atoms with E-state index < -0.39 is 5.97 Å². The van der Waals surface area contributed by atoms with Crippen molar-refractivity contribution < 1.29 is 9.90 Å². The van der Waals surface area contributed by atoms with Crippen LogP contribution in [0.15, 0.2) is 28.3 Å². The standard InChI is InChI=1S/C9H5BrN2O2S/c10-6-3-11-2-1-5(6)8-12-7(4-15-8)9(13)14/h1-4H,(H,13,14). The van der Waals surface area contributed by atoms with Crippen LogP contribution in [0.5, 0.6) is 0 Å². The molecule has 6 heteroatoms. The molecule has 76 valence electrons.